The lowest BCUT2D eigenvalue weighted by Crippen LogP contribution is -2.41. The Balaban J connectivity index is 0.000000479. The molecular weight excluding hydrogens is 561 g/mol. The zero-order valence-corrected chi connectivity index (χ0v) is 20.8. The number of nitrogens with one attached hydrogen (secondary N) is 2. The number of benzene rings is 2. The third-order valence-electron chi connectivity index (χ3n) is 5.05. The Morgan fingerprint density at radius 1 is 1.22 bits per heavy atom. The van der Waals surface area contributed by atoms with Crippen molar-refractivity contribution in [2.45, 2.75) is 22.8 Å². The molecule has 1 atom stereocenters. The van der Waals surface area contributed by atoms with Gasteiger partial charge >= 0.3 is 12.1 Å². The number of hydrogen-bond donors (Lipinski definition) is 5. The molecule has 4 rings (SSSR count). The number of amidine groups is 1. The summed E-state index contributed by atoms with van der Waals surface area (Å²) in [5.74, 6) is -3.60. The molecule has 10 nitrogen and oxygen atoms in total. The Morgan fingerprint density at radius 3 is 2.46 bits per heavy atom. The molecule has 0 unspecified atom stereocenters. The number of fused-ring (bicyclic) bond motifs is 1. The van der Waals surface area contributed by atoms with Gasteiger partial charge in [0.15, 0.2) is 0 Å². The first-order valence-corrected chi connectivity index (χ1v) is 12.8. The predicted octanol–water partition coefficient (Wildman–Crippen LogP) is 3.26. The number of halogens is 4. The van der Waals surface area contributed by atoms with Crippen LogP contribution in [0.25, 0.3) is 10.1 Å². The van der Waals surface area contributed by atoms with E-state index in [1.807, 2.05) is 0 Å². The van der Waals surface area contributed by atoms with Gasteiger partial charge in [0.05, 0.1) is 5.69 Å². The number of aromatic hydroxyl groups is 1. The quantitative estimate of drug-likeness (QED) is 0.228. The average Bonchev–Trinajstić information content (AvgIpc) is 3.37. The fraction of sp³-hybridized carbons (Fsp3) is 0.190. The van der Waals surface area contributed by atoms with Gasteiger partial charge in [0.2, 0.25) is 5.91 Å². The van der Waals surface area contributed by atoms with E-state index in [1.54, 1.807) is 18.2 Å². The number of phenolic OH excluding ortho intramolecular Hbond substituents is 1. The maximum atomic E-state index is 12.9. The molecule has 1 fully saturated rings. The van der Waals surface area contributed by atoms with Gasteiger partial charge in [0.1, 0.15) is 21.8 Å². The molecule has 1 saturated heterocycles. The van der Waals surface area contributed by atoms with E-state index in [0.29, 0.717) is 10.6 Å². The van der Waals surface area contributed by atoms with Crippen molar-refractivity contribution in [3.05, 3.63) is 53.1 Å². The molecule has 1 amide bonds. The van der Waals surface area contributed by atoms with Crippen molar-refractivity contribution in [3.8, 4) is 5.75 Å². The topological polar surface area (TPSA) is 174 Å². The number of sulfonamides is 1. The third-order valence-corrected chi connectivity index (χ3v) is 8.33. The molecule has 3 aromatic rings. The molecule has 0 bridgehead atoms. The van der Waals surface area contributed by atoms with Crippen molar-refractivity contribution >= 4 is 66.4 Å². The molecule has 1 aromatic heterocycles. The Labute approximate surface area is 216 Å². The lowest BCUT2D eigenvalue weighted by atomic mass is 10.1. The number of carbonyl (C=O) groups excluding carboxylic acids is 1. The number of thiophene rings is 1. The number of alkyl halides is 3. The molecule has 0 radical (unpaired) electrons. The molecule has 1 aliphatic rings. The zero-order valence-electron chi connectivity index (χ0n) is 18.4. The zero-order chi connectivity index (χ0) is 27.7. The molecule has 2 aromatic carbocycles. The first-order chi connectivity index (χ1) is 17.1. The molecule has 0 saturated carbocycles. The summed E-state index contributed by atoms with van der Waals surface area (Å²) in [6.45, 7) is 0.211. The largest absolute Gasteiger partial charge is 0.506 e. The van der Waals surface area contributed by atoms with E-state index >= 15 is 0 Å². The highest BCUT2D eigenvalue weighted by Gasteiger charge is 2.38. The van der Waals surface area contributed by atoms with Crippen LogP contribution in [0.5, 0.6) is 5.75 Å². The van der Waals surface area contributed by atoms with Crippen LogP contribution in [-0.4, -0.2) is 55.1 Å². The Hall–Kier alpha value is -3.40. The van der Waals surface area contributed by atoms with Crippen LogP contribution in [0.1, 0.15) is 12.0 Å². The maximum Gasteiger partial charge on any atom is 0.490 e. The minimum absolute atomic E-state index is 0.0902. The number of aliphatic carboxylic acids is 1. The number of carbonyl (C=O) groups is 2. The molecule has 37 heavy (non-hydrogen) atoms. The number of nitrogens with two attached hydrogens (primary N) is 1. The first kappa shape index (κ1) is 28.2. The van der Waals surface area contributed by atoms with Gasteiger partial charge in [-0.2, -0.15) is 17.9 Å². The van der Waals surface area contributed by atoms with Gasteiger partial charge in [0, 0.05) is 21.8 Å². The van der Waals surface area contributed by atoms with Crippen molar-refractivity contribution < 1.29 is 41.4 Å². The SMILES string of the molecule is N=C(N)c1ccc(O)c(N2CC[C@H](NS(=O)(=O)c3cc4ccc(Cl)cc4s3)C2=O)c1.O=C(O)C(F)(F)F. The predicted molar refractivity (Wildman–Crippen MR) is 131 cm³/mol. The number of phenols is 1. The second-order valence-electron chi connectivity index (χ2n) is 7.62. The van der Waals surface area contributed by atoms with Crippen molar-refractivity contribution in [1.82, 2.24) is 4.72 Å². The summed E-state index contributed by atoms with van der Waals surface area (Å²) in [7, 11) is -3.93. The van der Waals surface area contributed by atoms with E-state index in [9.17, 15) is 31.5 Å². The molecule has 0 aliphatic carbocycles. The van der Waals surface area contributed by atoms with Gasteiger partial charge in [-0.1, -0.05) is 17.7 Å². The van der Waals surface area contributed by atoms with Gasteiger partial charge in [-0.3, -0.25) is 10.2 Å². The summed E-state index contributed by atoms with van der Waals surface area (Å²) in [5, 5.41) is 26.1. The second-order valence-corrected chi connectivity index (χ2v) is 11.1. The summed E-state index contributed by atoms with van der Waals surface area (Å²) >= 11 is 7.04. The molecule has 6 N–H and O–H groups in total. The Kier molecular flexibility index (Phi) is 8.02. The number of hydrogen-bond acceptors (Lipinski definition) is 7. The smallest absolute Gasteiger partial charge is 0.490 e. The van der Waals surface area contributed by atoms with Gasteiger partial charge in [-0.15, -0.1) is 11.3 Å². The lowest BCUT2D eigenvalue weighted by Gasteiger charge is -2.19. The van der Waals surface area contributed by atoms with Crippen molar-refractivity contribution in [2.75, 3.05) is 11.4 Å². The Morgan fingerprint density at radius 2 is 1.86 bits per heavy atom. The second kappa shape index (κ2) is 10.5. The van der Waals surface area contributed by atoms with Gasteiger partial charge in [0.25, 0.3) is 10.0 Å². The summed E-state index contributed by atoms with van der Waals surface area (Å²) in [6, 6.07) is 9.92. The number of amides is 1. The molecule has 2 heterocycles. The molecule has 16 heteroatoms. The van der Waals surface area contributed by atoms with E-state index in [-0.39, 0.29) is 34.4 Å². The minimum atomic E-state index is -5.08. The van der Waals surface area contributed by atoms with E-state index in [0.717, 1.165) is 21.4 Å². The van der Waals surface area contributed by atoms with E-state index in [1.165, 1.54) is 29.2 Å². The highest BCUT2D eigenvalue weighted by atomic mass is 35.5. The van der Waals surface area contributed by atoms with Crippen LogP contribution in [0, 0.1) is 5.41 Å². The molecular formula is C21H18ClF3N4O6S2. The van der Waals surface area contributed by atoms with Gasteiger partial charge in [-0.05, 0) is 48.2 Å². The van der Waals surface area contributed by atoms with Crippen molar-refractivity contribution in [2.24, 2.45) is 5.73 Å². The molecule has 0 spiro atoms. The monoisotopic (exact) mass is 578 g/mol. The molecule has 1 aliphatic heterocycles. The standard InChI is InChI=1S/C19H17ClN4O4S2.C2HF3O2/c20-12-3-1-10-8-17(29-16(10)9-12)30(27,28)23-13-5-6-24(19(13)26)14-7-11(18(21)22)2-4-15(14)25;3-2(4,5)1(6)7/h1-4,7-9,13,23,25H,5-6H2,(H3,21,22);(H,6,7)/t13-;/m0./s1. The highest BCUT2D eigenvalue weighted by Crippen LogP contribution is 2.34. The first-order valence-electron chi connectivity index (χ1n) is 10.1. The lowest BCUT2D eigenvalue weighted by molar-refractivity contribution is -0.192. The van der Waals surface area contributed by atoms with Crippen molar-refractivity contribution in [1.29, 1.82) is 5.41 Å². The van der Waals surface area contributed by atoms with Crippen LogP contribution < -0.4 is 15.4 Å². The summed E-state index contributed by atoms with van der Waals surface area (Å²) < 4.78 is 60.7. The highest BCUT2D eigenvalue weighted by molar-refractivity contribution is 7.91. The minimum Gasteiger partial charge on any atom is -0.506 e. The fourth-order valence-corrected chi connectivity index (χ4v) is 6.21. The van der Waals surface area contributed by atoms with Gasteiger partial charge in [-0.25, -0.2) is 13.2 Å². The fourth-order valence-electron chi connectivity index (χ4n) is 3.29. The van der Waals surface area contributed by atoms with E-state index < -0.39 is 34.1 Å². The van der Waals surface area contributed by atoms with Crippen LogP contribution in [-0.2, 0) is 19.6 Å². The number of carboxylic acid groups (broad SMARTS) is 1. The maximum absolute atomic E-state index is 12.9. The van der Waals surface area contributed by atoms with Crippen LogP contribution in [0.15, 0.2) is 46.7 Å². The summed E-state index contributed by atoms with van der Waals surface area (Å²) in [6.07, 6.45) is -4.85. The van der Waals surface area contributed by atoms with Crippen LogP contribution in [0.4, 0.5) is 18.9 Å². The number of anilines is 1. The number of rotatable bonds is 5. The Bertz CT molecular complexity index is 1490. The summed E-state index contributed by atoms with van der Waals surface area (Å²) in [4.78, 5) is 23.0. The van der Waals surface area contributed by atoms with Crippen LogP contribution in [0.3, 0.4) is 0 Å². The summed E-state index contributed by atoms with van der Waals surface area (Å²) in [5.41, 5.74) is 6.02. The average molecular weight is 579 g/mol. The van der Waals surface area contributed by atoms with Gasteiger partial charge < -0.3 is 20.8 Å². The number of nitrogen functional groups attached to an aromatic ring is 1. The van der Waals surface area contributed by atoms with Crippen LogP contribution in [0.2, 0.25) is 5.02 Å². The number of nitrogens with zero attached hydrogens (tertiary/aromatic N) is 1. The normalized spacial score (nSPS) is 15.9. The number of carboxylic acids is 1. The third kappa shape index (κ3) is 6.49. The van der Waals surface area contributed by atoms with E-state index in [4.69, 9.17) is 32.6 Å². The van der Waals surface area contributed by atoms with Crippen molar-refractivity contribution in [3.63, 3.8) is 0 Å². The molecule has 198 valence electrons. The van der Waals surface area contributed by atoms with Crippen LogP contribution >= 0.6 is 22.9 Å². The van der Waals surface area contributed by atoms with E-state index in [2.05, 4.69) is 4.72 Å².